The Balaban J connectivity index is 2.48. The van der Waals surface area contributed by atoms with Gasteiger partial charge in [0.15, 0.2) is 0 Å². The van der Waals surface area contributed by atoms with Gasteiger partial charge in [0.25, 0.3) is 0 Å². The fourth-order valence-corrected chi connectivity index (χ4v) is 24.4. The molecule has 3 rings (SSSR count). The molecule has 2 heteroatoms. The van der Waals surface area contributed by atoms with E-state index < -0.39 is 28.5 Å². The quantitative estimate of drug-likeness (QED) is 0.256. The third kappa shape index (κ3) is 5.49. The predicted molar refractivity (Wildman–Crippen MR) is 166 cm³/mol. The minimum absolute atomic E-state index is 0.708. The summed E-state index contributed by atoms with van der Waals surface area (Å²) in [5.41, 5.74) is 16.2. The van der Waals surface area contributed by atoms with Crippen molar-refractivity contribution in [2.45, 2.75) is 99.7 Å². The second kappa shape index (κ2) is 11.5. The fourth-order valence-electron chi connectivity index (χ4n) is 6.92. The topological polar surface area (TPSA) is 0 Å². The molecular formula is C34H46SiSn. The van der Waals surface area contributed by atoms with Gasteiger partial charge in [0.2, 0.25) is 0 Å². The van der Waals surface area contributed by atoms with Gasteiger partial charge >= 0.3 is 233 Å². The third-order valence-electron chi connectivity index (χ3n) is 8.23. The first-order chi connectivity index (χ1) is 16.8. The molecule has 3 aromatic carbocycles. The van der Waals surface area contributed by atoms with Crippen LogP contribution in [-0.4, -0.2) is 28.5 Å². The monoisotopic (exact) mass is 602 g/mol. The van der Waals surface area contributed by atoms with Crippen LogP contribution in [0.1, 0.15) is 74.9 Å². The maximum absolute atomic E-state index is 4.48. The summed E-state index contributed by atoms with van der Waals surface area (Å²) in [6.07, 6.45) is 0. The Morgan fingerprint density at radius 2 is 0.917 bits per heavy atom. The summed E-state index contributed by atoms with van der Waals surface area (Å²) >= 11 is -1.13. The Morgan fingerprint density at radius 3 is 1.22 bits per heavy atom. The SMILES string of the molecule is Cc1cc(C)c(-c2cccc(-c3c(C)cc(C)cc3C)[c]2[Sn]#[C][Si](C(C)C)(C(C)C)C(C)C)c(C)c1. The molecule has 36 heavy (non-hydrogen) atoms. The van der Waals surface area contributed by atoms with Crippen LogP contribution in [-0.2, 0) is 0 Å². The molecule has 0 amide bonds. The van der Waals surface area contributed by atoms with Crippen LogP contribution in [0, 0.1) is 45.0 Å². The molecule has 0 saturated carbocycles. The fraction of sp³-hybridized carbons (Fsp3) is 0.441. The van der Waals surface area contributed by atoms with E-state index in [1.54, 1.807) is 3.58 Å². The number of hydrogen-bond donors (Lipinski definition) is 0. The molecule has 3 aromatic rings. The molecule has 0 saturated heterocycles. The van der Waals surface area contributed by atoms with Crippen LogP contribution in [0.25, 0.3) is 22.3 Å². The van der Waals surface area contributed by atoms with Crippen molar-refractivity contribution in [2.75, 3.05) is 0 Å². The minimum atomic E-state index is -1.70. The van der Waals surface area contributed by atoms with Crippen molar-refractivity contribution >= 4 is 32.1 Å². The second-order valence-electron chi connectivity index (χ2n) is 11.9. The van der Waals surface area contributed by atoms with E-state index in [-0.39, 0.29) is 0 Å². The zero-order chi connectivity index (χ0) is 26.9. The Hall–Kier alpha value is -1.54. The number of rotatable bonds is 5. The number of benzene rings is 3. The molecule has 0 fully saturated rings. The van der Waals surface area contributed by atoms with Gasteiger partial charge < -0.3 is 0 Å². The molecule has 0 N–H and O–H groups in total. The third-order valence-corrected chi connectivity index (χ3v) is 21.5. The molecule has 0 aliphatic heterocycles. The molecule has 0 nitrogen and oxygen atoms in total. The van der Waals surface area contributed by atoms with Crippen LogP contribution in [0.2, 0.25) is 16.6 Å². The van der Waals surface area contributed by atoms with Gasteiger partial charge in [-0.2, -0.15) is 0 Å². The summed E-state index contributed by atoms with van der Waals surface area (Å²) in [6.45, 7) is 28.4. The molecule has 0 aromatic heterocycles. The van der Waals surface area contributed by atoms with Crippen LogP contribution in [0.15, 0.2) is 42.5 Å². The van der Waals surface area contributed by atoms with Crippen molar-refractivity contribution in [3.05, 3.63) is 75.8 Å². The van der Waals surface area contributed by atoms with Gasteiger partial charge in [0.05, 0.1) is 0 Å². The first-order valence-electron chi connectivity index (χ1n) is 13.6. The summed E-state index contributed by atoms with van der Waals surface area (Å²) in [6, 6.07) is 16.5. The molecule has 0 aliphatic carbocycles. The Labute approximate surface area is 232 Å². The Kier molecular flexibility index (Phi) is 9.24. The van der Waals surface area contributed by atoms with Crippen molar-refractivity contribution in [2.24, 2.45) is 0 Å². The summed E-state index contributed by atoms with van der Waals surface area (Å²) in [5, 5.41) is 0. The summed E-state index contributed by atoms with van der Waals surface area (Å²) in [5.74, 6) is 0. The van der Waals surface area contributed by atoms with Gasteiger partial charge in [-0.3, -0.25) is 0 Å². The molecule has 0 bridgehead atoms. The van der Waals surface area contributed by atoms with Crippen LogP contribution >= 0.6 is 0 Å². The van der Waals surface area contributed by atoms with Crippen molar-refractivity contribution in [1.82, 2.24) is 0 Å². The van der Waals surface area contributed by atoms with E-state index in [9.17, 15) is 0 Å². The van der Waals surface area contributed by atoms with Crippen LogP contribution < -0.4 is 3.58 Å². The maximum atomic E-state index is 4.48. The van der Waals surface area contributed by atoms with Crippen LogP contribution in [0.3, 0.4) is 0 Å². The van der Waals surface area contributed by atoms with Gasteiger partial charge in [-0.1, -0.05) is 0 Å². The van der Waals surface area contributed by atoms with Gasteiger partial charge in [0, 0.05) is 0 Å². The second-order valence-corrected chi connectivity index (χ2v) is 21.8. The molecule has 0 aliphatic rings. The van der Waals surface area contributed by atoms with E-state index >= 15 is 0 Å². The first kappa shape index (κ1) is 29.0. The molecule has 0 atom stereocenters. The number of hydrogen-bond acceptors (Lipinski definition) is 0. The average Bonchev–Trinajstić information content (AvgIpc) is 2.73. The van der Waals surface area contributed by atoms with Gasteiger partial charge in [-0.25, -0.2) is 0 Å². The number of aryl methyl sites for hydroxylation is 6. The molecular weight excluding hydrogens is 555 g/mol. The van der Waals surface area contributed by atoms with Gasteiger partial charge in [-0.05, 0) is 0 Å². The van der Waals surface area contributed by atoms with E-state index in [0.717, 1.165) is 0 Å². The normalized spacial score (nSPS) is 11.9. The van der Waals surface area contributed by atoms with Crippen LogP contribution in [0.4, 0.5) is 0 Å². The van der Waals surface area contributed by atoms with Crippen molar-refractivity contribution in [3.63, 3.8) is 0 Å². The van der Waals surface area contributed by atoms with E-state index in [1.807, 2.05) is 0 Å². The van der Waals surface area contributed by atoms with E-state index in [4.69, 9.17) is 0 Å². The van der Waals surface area contributed by atoms with E-state index in [2.05, 4.69) is 129 Å². The van der Waals surface area contributed by atoms with E-state index in [1.165, 1.54) is 55.6 Å². The average molecular weight is 602 g/mol. The molecule has 0 radical (unpaired) electrons. The molecule has 0 spiro atoms. The Morgan fingerprint density at radius 1 is 0.583 bits per heavy atom. The van der Waals surface area contributed by atoms with Gasteiger partial charge in [0.1, 0.15) is 0 Å². The van der Waals surface area contributed by atoms with E-state index in [0.29, 0.717) is 16.6 Å². The zero-order valence-electron chi connectivity index (χ0n) is 24.8. The van der Waals surface area contributed by atoms with Crippen molar-refractivity contribution < 1.29 is 0 Å². The molecule has 0 unspecified atom stereocenters. The first-order valence-corrected chi connectivity index (χ1v) is 18.7. The van der Waals surface area contributed by atoms with Crippen LogP contribution in [0.5, 0.6) is 0 Å². The Bertz CT molecular complexity index is 1190. The molecule has 0 heterocycles. The van der Waals surface area contributed by atoms with Crippen molar-refractivity contribution in [3.8, 4) is 25.7 Å². The summed E-state index contributed by atoms with van der Waals surface area (Å²) in [7, 11) is -1.70. The zero-order valence-corrected chi connectivity index (χ0v) is 28.6. The van der Waals surface area contributed by atoms with Gasteiger partial charge in [-0.15, -0.1) is 0 Å². The molecule has 190 valence electrons. The summed E-state index contributed by atoms with van der Waals surface area (Å²) in [4.78, 5) is 0. The summed E-state index contributed by atoms with van der Waals surface area (Å²) < 4.78 is 6.09. The standard InChI is InChI=1S/C24H25.C10H21Si.Sn/c1-15-10-17(3)23(18(4)11-15)21-8-7-9-22(14-21)24-19(5)12-16(2)13-20(24)6;1-8(2)11(7,9(3)4)10(5)6;/h7-13H,1-6H3;8-10H,1-6H3;. The van der Waals surface area contributed by atoms with Crippen molar-refractivity contribution in [1.29, 1.82) is 0 Å². The predicted octanol–water partition coefficient (Wildman–Crippen LogP) is 9.38.